The zero-order valence-electron chi connectivity index (χ0n) is 14.9. The van der Waals surface area contributed by atoms with Gasteiger partial charge in [-0.25, -0.2) is 9.37 Å². The fourth-order valence-electron chi connectivity index (χ4n) is 2.97. The first-order valence-electron chi connectivity index (χ1n) is 8.64. The normalized spacial score (nSPS) is 12.1. The Morgan fingerprint density at radius 1 is 1.21 bits per heavy atom. The lowest BCUT2D eigenvalue weighted by atomic mass is 10.1. The third-order valence-electron chi connectivity index (χ3n) is 4.46. The zero-order valence-corrected chi connectivity index (χ0v) is 14.9. The van der Waals surface area contributed by atoms with Crippen LogP contribution >= 0.6 is 0 Å². The van der Waals surface area contributed by atoms with Gasteiger partial charge in [0.1, 0.15) is 11.4 Å². The van der Waals surface area contributed by atoms with E-state index in [4.69, 9.17) is 4.42 Å². The Hall–Kier alpha value is -3.74. The number of halogens is 1. The summed E-state index contributed by atoms with van der Waals surface area (Å²) in [5.74, 6) is -1.07. The summed E-state index contributed by atoms with van der Waals surface area (Å²) in [6.45, 7) is 1.72. The van der Waals surface area contributed by atoms with E-state index in [1.165, 1.54) is 12.4 Å². The Labute approximate surface area is 159 Å². The quantitative estimate of drug-likeness (QED) is 0.589. The fourth-order valence-corrected chi connectivity index (χ4v) is 2.97. The van der Waals surface area contributed by atoms with Crippen LogP contribution in [0.25, 0.3) is 16.7 Å². The first-order chi connectivity index (χ1) is 13.5. The molecule has 1 atom stereocenters. The smallest absolute Gasteiger partial charge is 0.287 e. The molecule has 7 heteroatoms. The molecule has 0 aliphatic heterocycles. The number of imidazole rings is 1. The molecule has 28 heavy (non-hydrogen) atoms. The first kappa shape index (κ1) is 17.7. The van der Waals surface area contributed by atoms with Gasteiger partial charge >= 0.3 is 0 Å². The van der Waals surface area contributed by atoms with E-state index in [0.717, 1.165) is 6.07 Å². The van der Waals surface area contributed by atoms with Crippen LogP contribution in [0.3, 0.4) is 0 Å². The van der Waals surface area contributed by atoms with Gasteiger partial charge in [-0.15, -0.1) is 0 Å². The standard InChI is InChI=1S/C21H16FN3O3/c1-13(14-6-7-17(16(22)10-14)25-9-8-23-12-25)24-21(27)20-11-18(26)15-4-2-3-5-19(15)28-20/h2-13H,1H3,(H,24,27)/t13-/m0/s1. The summed E-state index contributed by atoms with van der Waals surface area (Å²) in [5, 5.41) is 3.14. The lowest BCUT2D eigenvalue weighted by Crippen LogP contribution is -2.27. The van der Waals surface area contributed by atoms with Gasteiger partial charge < -0.3 is 14.3 Å². The second-order valence-corrected chi connectivity index (χ2v) is 6.35. The number of amides is 1. The highest BCUT2D eigenvalue weighted by atomic mass is 19.1. The van der Waals surface area contributed by atoms with Crippen molar-refractivity contribution in [2.24, 2.45) is 0 Å². The van der Waals surface area contributed by atoms with Crippen LogP contribution < -0.4 is 10.7 Å². The minimum Gasteiger partial charge on any atom is -0.451 e. The molecule has 0 unspecified atom stereocenters. The number of rotatable bonds is 4. The number of hydrogen-bond donors (Lipinski definition) is 1. The van der Waals surface area contributed by atoms with E-state index in [0.29, 0.717) is 22.2 Å². The fraction of sp³-hybridized carbons (Fsp3) is 0.0952. The second-order valence-electron chi connectivity index (χ2n) is 6.35. The third kappa shape index (κ3) is 3.29. The number of para-hydroxylation sites is 1. The minimum absolute atomic E-state index is 0.0916. The lowest BCUT2D eigenvalue weighted by Gasteiger charge is -2.15. The second kappa shape index (κ2) is 7.11. The summed E-state index contributed by atoms with van der Waals surface area (Å²) >= 11 is 0. The number of nitrogens with zero attached hydrogens (tertiary/aromatic N) is 2. The van der Waals surface area contributed by atoms with E-state index in [9.17, 15) is 14.0 Å². The van der Waals surface area contributed by atoms with Gasteiger partial charge in [-0.3, -0.25) is 9.59 Å². The van der Waals surface area contributed by atoms with Crippen LogP contribution in [-0.2, 0) is 0 Å². The monoisotopic (exact) mass is 377 g/mol. The molecular formula is C21H16FN3O3. The molecule has 0 aliphatic rings. The SMILES string of the molecule is C[C@H](NC(=O)c1cc(=O)c2ccccc2o1)c1ccc(-n2ccnc2)c(F)c1. The molecule has 0 saturated carbocycles. The molecule has 1 amide bonds. The van der Waals surface area contributed by atoms with Gasteiger partial charge in [0.25, 0.3) is 5.91 Å². The van der Waals surface area contributed by atoms with Gasteiger partial charge in [-0.2, -0.15) is 0 Å². The maximum absolute atomic E-state index is 14.4. The number of carbonyl (C=O) groups is 1. The maximum Gasteiger partial charge on any atom is 0.287 e. The van der Waals surface area contributed by atoms with Gasteiger partial charge in [-0.1, -0.05) is 18.2 Å². The van der Waals surface area contributed by atoms with E-state index in [2.05, 4.69) is 10.3 Å². The summed E-state index contributed by atoms with van der Waals surface area (Å²) < 4.78 is 21.5. The van der Waals surface area contributed by atoms with Crippen molar-refractivity contribution in [3.63, 3.8) is 0 Å². The number of fused-ring (bicyclic) bond motifs is 1. The Balaban J connectivity index is 1.56. The van der Waals surface area contributed by atoms with Gasteiger partial charge in [0.05, 0.1) is 23.4 Å². The van der Waals surface area contributed by atoms with Gasteiger partial charge in [0.2, 0.25) is 0 Å². The molecule has 0 spiro atoms. The van der Waals surface area contributed by atoms with Crippen LogP contribution in [0.5, 0.6) is 0 Å². The molecule has 4 rings (SSSR count). The maximum atomic E-state index is 14.4. The predicted octanol–water partition coefficient (Wildman–Crippen LogP) is 3.61. The van der Waals surface area contributed by atoms with E-state index >= 15 is 0 Å². The summed E-state index contributed by atoms with van der Waals surface area (Å²) in [5.41, 5.74) is 0.983. The predicted molar refractivity (Wildman–Crippen MR) is 102 cm³/mol. The molecular weight excluding hydrogens is 361 g/mol. The highest BCUT2D eigenvalue weighted by molar-refractivity contribution is 5.93. The Kier molecular flexibility index (Phi) is 4.49. The zero-order chi connectivity index (χ0) is 19.7. The van der Waals surface area contributed by atoms with E-state index in [1.54, 1.807) is 60.3 Å². The van der Waals surface area contributed by atoms with Crippen molar-refractivity contribution in [3.05, 3.63) is 94.6 Å². The summed E-state index contributed by atoms with van der Waals surface area (Å²) in [7, 11) is 0. The molecule has 2 aromatic carbocycles. The van der Waals surface area contributed by atoms with Crippen LogP contribution in [0.4, 0.5) is 4.39 Å². The average Bonchev–Trinajstić information content (AvgIpc) is 3.22. The number of carbonyl (C=O) groups excluding carboxylic acids is 1. The number of hydrogen-bond acceptors (Lipinski definition) is 4. The summed E-state index contributed by atoms with van der Waals surface area (Å²) in [6.07, 6.45) is 4.71. The molecule has 0 aliphatic carbocycles. The van der Waals surface area contributed by atoms with Gasteiger partial charge in [0, 0.05) is 18.5 Å². The van der Waals surface area contributed by atoms with Crippen molar-refractivity contribution in [2.75, 3.05) is 0 Å². The number of nitrogens with one attached hydrogen (secondary N) is 1. The minimum atomic E-state index is -0.547. The molecule has 0 saturated heterocycles. The molecule has 6 nitrogen and oxygen atoms in total. The third-order valence-corrected chi connectivity index (χ3v) is 4.46. The van der Waals surface area contributed by atoms with Crippen LogP contribution in [0.2, 0.25) is 0 Å². The largest absolute Gasteiger partial charge is 0.451 e. The van der Waals surface area contributed by atoms with Crippen LogP contribution in [0.1, 0.15) is 29.1 Å². The van der Waals surface area contributed by atoms with E-state index in [-0.39, 0.29) is 11.2 Å². The van der Waals surface area contributed by atoms with Crippen molar-refractivity contribution >= 4 is 16.9 Å². The Morgan fingerprint density at radius 2 is 2.04 bits per heavy atom. The first-order valence-corrected chi connectivity index (χ1v) is 8.64. The average molecular weight is 377 g/mol. The molecule has 0 radical (unpaired) electrons. The van der Waals surface area contributed by atoms with Crippen molar-refractivity contribution in [1.29, 1.82) is 0 Å². The van der Waals surface area contributed by atoms with Gasteiger partial charge in [0.15, 0.2) is 11.2 Å². The topological polar surface area (TPSA) is 77.1 Å². The van der Waals surface area contributed by atoms with Gasteiger partial charge in [-0.05, 0) is 36.8 Å². The molecule has 0 fully saturated rings. The lowest BCUT2D eigenvalue weighted by molar-refractivity contribution is 0.0912. The van der Waals surface area contributed by atoms with Crippen LogP contribution in [-0.4, -0.2) is 15.5 Å². The van der Waals surface area contributed by atoms with Crippen LogP contribution in [0.15, 0.2) is 76.5 Å². The van der Waals surface area contributed by atoms with Crippen molar-refractivity contribution in [1.82, 2.24) is 14.9 Å². The van der Waals surface area contributed by atoms with Crippen molar-refractivity contribution in [3.8, 4) is 5.69 Å². The van der Waals surface area contributed by atoms with Crippen molar-refractivity contribution in [2.45, 2.75) is 13.0 Å². The Morgan fingerprint density at radius 3 is 2.79 bits per heavy atom. The molecule has 2 heterocycles. The molecule has 1 N–H and O–H groups in total. The highest BCUT2D eigenvalue weighted by Gasteiger charge is 2.17. The van der Waals surface area contributed by atoms with Crippen molar-refractivity contribution < 1.29 is 13.6 Å². The molecule has 140 valence electrons. The highest BCUT2D eigenvalue weighted by Crippen LogP contribution is 2.20. The number of aromatic nitrogens is 2. The van der Waals surface area contributed by atoms with E-state index < -0.39 is 17.8 Å². The Bertz CT molecular complexity index is 1220. The molecule has 2 aromatic heterocycles. The molecule has 4 aromatic rings. The van der Waals surface area contributed by atoms with Crippen LogP contribution in [0, 0.1) is 5.82 Å². The summed E-state index contributed by atoms with van der Waals surface area (Å²) in [6, 6.07) is 12.1. The van der Waals surface area contributed by atoms with E-state index in [1.807, 2.05) is 0 Å². The summed E-state index contributed by atoms with van der Waals surface area (Å²) in [4.78, 5) is 28.6. The number of benzene rings is 2. The molecule has 0 bridgehead atoms.